The van der Waals surface area contributed by atoms with E-state index in [9.17, 15) is 4.79 Å². The Labute approximate surface area is 166 Å². The van der Waals surface area contributed by atoms with Crippen molar-refractivity contribution in [2.24, 2.45) is 4.99 Å². The van der Waals surface area contributed by atoms with E-state index in [1.165, 1.54) is 5.56 Å². The summed E-state index contributed by atoms with van der Waals surface area (Å²) >= 11 is 0. The summed E-state index contributed by atoms with van der Waals surface area (Å²) in [5, 5.41) is 9.15. The van der Waals surface area contributed by atoms with E-state index in [4.69, 9.17) is 4.74 Å². The monoisotopic (exact) mass is 386 g/mol. The van der Waals surface area contributed by atoms with Gasteiger partial charge in [0.15, 0.2) is 5.96 Å². The maximum atomic E-state index is 11.6. The number of nitrogens with zero attached hydrogens (tertiary/aromatic N) is 3. The fourth-order valence-corrected chi connectivity index (χ4v) is 2.50. The molecule has 3 N–H and O–H groups in total. The zero-order chi connectivity index (χ0) is 20.4. The quantitative estimate of drug-likeness (QED) is 0.385. The SMILES string of the molecule is CN=C(NCCNC(=O)OC(C)(C)C)NCc1cccc(Cn2ccnc2)c1. The van der Waals surface area contributed by atoms with E-state index >= 15 is 0 Å². The van der Waals surface area contributed by atoms with E-state index in [0.717, 1.165) is 12.1 Å². The van der Waals surface area contributed by atoms with Crippen molar-refractivity contribution < 1.29 is 9.53 Å². The summed E-state index contributed by atoms with van der Waals surface area (Å²) in [4.78, 5) is 19.9. The van der Waals surface area contributed by atoms with Gasteiger partial charge in [0.25, 0.3) is 0 Å². The van der Waals surface area contributed by atoms with Crippen LogP contribution in [-0.4, -0.2) is 47.3 Å². The molecule has 1 aromatic carbocycles. The van der Waals surface area contributed by atoms with Crippen molar-refractivity contribution in [3.63, 3.8) is 0 Å². The molecule has 0 saturated carbocycles. The summed E-state index contributed by atoms with van der Waals surface area (Å²) in [5.74, 6) is 0.672. The van der Waals surface area contributed by atoms with Gasteiger partial charge in [0, 0.05) is 45.6 Å². The Hall–Kier alpha value is -3.03. The molecule has 1 heterocycles. The van der Waals surface area contributed by atoms with Gasteiger partial charge >= 0.3 is 6.09 Å². The third kappa shape index (κ3) is 8.11. The number of hydrogen-bond donors (Lipinski definition) is 3. The number of hydrogen-bond acceptors (Lipinski definition) is 4. The first-order valence-corrected chi connectivity index (χ1v) is 9.30. The lowest BCUT2D eigenvalue weighted by Crippen LogP contribution is -2.42. The largest absolute Gasteiger partial charge is 0.444 e. The second-order valence-electron chi connectivity index (χ2n) is 7.34. The number of carbonyl (C=O) groups is 1. The average molecular weight is 387 g/mol. The number of nitrogens with one attached hydrogen (secondary N) is 3. The Bertz CT molecular complexity index is 765. The summed E-state index contributed by atoms with van der Waals surface area (Å²) < 4.78 is 7.23. The van der Waals surface area contributed by atoms with Gasteiger partial charge in [0.2, 0.25) is 0 Å². The lowest BCUT2D eigenvalue weighted by Gasteiger charge is -2.20. The zero-order valence-corrected chi connectivity index (χ0v) is 17.0. The minimum Gasteiger partial charge on any atom is -0.444 e. The van der Waals surface area contributed by atoms with Crippen LogP contribution in [-0.2, 0) is 17.8 Å². The highest BCUT2D eigenvalue weighted by Gasteiger charge is 2.15. The van der Waals surface area contributed by atoms with E-state index in [1.54, 1.807) is 13.2 Å². The number of rotatable bonds is 7. The van der Waals surface area contributed by atoms with E-state index in [0.29, 0.717) is 25.6 Å². The molecule has 0 aliphatic rings. The van der Waals surface area contributed by atoms with E-state index in [2.05, 4.69) is 44.1 Å². The van der Waals surface area contributed by atoms with Crippen LogP contribution in [0.5, 0.6) is 0 Å². The Kier molecular flexibility index (Phi) is 7.86. The number of ether oxygens (including phenoxy) is 1. The van der Waals surface area contributed by atoms with Gasteiger partial charge in [-0.2, -0.15) is 0 Å². The molecule has 152 valence electrons. The molecule has 0 radical (unpaired) electrons. The van der Waals surface area contributed by atoms with Crippen LogP contribution in [0.2, 0.25) is 0 Å². The lowest BCUT2D eigenvalue weighted by molar-refractivity contribution is 0.0529. The molecule has 0 aliphatic carbocycles. The van der Waals surface area contributed by atoms with Gasteiger partial charge in [0.1, 0.15) is 5.60 Å². The standard InChI is InChI=1S/C20H30N6O2/c1-20(2,3)28-19(27)24-9-8-23-18(21-4)25-13-16-6-5-7-17(12-16)14-26-11-10-22-15-26/h5-7,10-12,15H,8-9,13-14H2,1-4H3,(H,24,27)(H2,21,23,25). The number of amides is 1. The molecule has 0 saturated heterocycles. The maximum absolute atomic E-state index is 11.6. The summed E-state index contributed by atoms with van der Waals surface area (Å²) in [6.45, 7) is 7.92. The van der Waals surface area contributed by atoms with E-state index in [1.807, 2.05) is 43.9 Å². The van der Waals surface area contributed by atoms with Gasteiger partial charge in [0.05, 0.1) is 6.33 Å². The van der Waals surface area contributed by atoms with Gasteiger partial charge < -0.3 is 25.3 Å². The predicted octanol–water partition coefficient (Wildman–Crippen LogP) is 2.12. The smallest absolute Gasteiger partial charge is 0.407 e. The first-order chi connectivity index (χ1) is 13.4. The minimum absolute atomic E-state index is 0.424. The van der Waals surface area contributed by atoms with Crippen molar-refractivity contribution >= 4 is 12.1 Å². The lowest BCUT2D eigenvalue weighted by atomic mass is 10.1. The molecule has 8 heteroatoms. The van der Waals surface area contributed by atoms with Crippen molar-refractivity contribution in [3.8, 4) is 0 Å². The summed E-state index contributed by atoms with van der Waals surface area (Å²) in [6.07, 6.45) is 5.11. The number of aromatic nitrogens is 2. The number of carbonyl (C=O) groups excluding carboxylic acids is 1. The molecule has 0 bridgehead atoms. The summed E-state index contributed by atoms with van der Waals surface area (Å²) in [7, 11) is 1.71. The van der Waals surface area contributed by atoms with Crippen LogP contribution in [0.3, 0.4) is 0 Å². The fraction of sp³-hybridized carbons (Fsp3) is 0.450. The van der Waals surface area contributed by atoms with Crippen molar-refractivity contribution in [1.82, 2.24) is 25.5 Å². The molecule has 8 nitrogen and oxygen atoms in total. The number of guanidine groups is 1. The van der Waals surface area contributed by atoms with Crippen LogP contribution < -0.4 is 16.0 Å². The third-order valence-corrected chi connectivity index (χ3v) is 3.68. The van der Waals surface area contributed by atoms with Crippen LogP contribution in [0, 0.1) is 0 Å². The maximum Gasteiger partial charge on any atom is 0.407 e. The second kappa shape index (κ2) is 10.3. The topological polar surface area (TPSA) is 92.6 Å². The van der Waals surface area contributed by atoms with Gasteiger partial charge in [-0.1, -0.05) is 24.3 Å². The number of benzene rings is 1. The first-order valence-electron chi connectivity index (χ1n) is 9.30. The van der Waals surface area contributed by atoms with Crippen molar-refractivity contribution in [2.75, 3.05) is 20.1 Å². The summed E-state index contributed by atoms with van der Waals surface area (Å²) in [5.41, 5.74) is 1.87. The van der Waals surface area contributed by atoms with Crippen LogP contribution in [0.15, 0.2) is 48.0 Å². The molecule has 28 heavy (non-hydrogen) atoms. The Morgan fingerprint density at radius 3 is 2.61 bits per heavy atom. The number of alkyl carbamates (subject to hydrolysis) is 1. The van der Waals surface area contributed by atoms with Crippen molar-refractivity contribution in [1.29, 1.82) is 0 Å². The Morgan fingerprint density at radius 2 is 1.93 bits per heavy atom. The minimum atomic E-state index is -0.499. The Balaban J connectivity index is 1.72. The highest BCUT2D eigenvalue weighted by Crippen LogP contribution is 2.07. The molecular weight excluding hydrogens is 356 g/mol. The first kappa shape index (κ1) is 21.3. The molecule has 0 unspecified atom stereocenters. The van der Waals surface area contributed by atoms with E-state index < -0.39 is 11.7 Å². The van der Waals surface area contributed by atoms with Gasteiger partial charge in [-0.3, -0.25) is 4.99 Å². The van der Waals surface area contributed by atoms with Gasteiger partial charge in [-0.05, 0) is 31.9 Å². The molecule has 0 fully saturated rings. The predicted molar refractivity (Wildman–Crippen MR) is 110 cm³/mol. The molecule has 1 aromatic heterocycles. The van der Waals surface area contributed by atoms with Gasteiger partial charge in [-0.25, -0.2) is 9.78 Å². The van der Waals surface area contributed by atoms with E-state index in [-0.39, 0.29) is 0 Å². The van der Waals surface area contributed by atoms with Crippen molar-refractivity contribution in [3.05, 3.63) is 54.1 Å². The van der Waals surface area contributed by atoms with Crippen LogP contribution in [0.25, 0.3) is 0 Å². The van der Waals surface area contributed by atoms with Crippen molar-refractivity contribution in [2.45, 2.75) is 39.5 Å². The second-order valence-corrected chi connectivity index (χ2v) is 7.34. The third-order valence-electron chi connectivity index (χ3n) is 3.68. The highest BCUT2D eigenvalue weighted by molar-refractivity contribution is 5.79. The normalized spacial score (nSPS) is 11.8. The van der Waals surface area contributed by atoms with Crippen LogP contribution in [0.4, 0.5) is 4.79 Å². The number of aliphatic imine (C=N–C) groups is 1. The molecular formula is C20H30N6O2. The molecule has 0 aliphatic heterocycles. The molecule has 1 amide bonds. The molecule has 2 aromatic rings. The molecule has 0 atom stereocenters. The molecule has 0 spiro atoms. The zero-order valence-electron chi connectivity index (χ0n) is 17.0. The summed E-state index contributed by atoms with van der Waals surface area (Å²) in [6, 6.07) is 8.37. The number of imidazole rings is 1. The Morgan fingerprint density at radius 1 is 1.18 bits per heavy atom. The molecule has 2 rings (SSSR count). The van der Waals surface area contributed by atoms with Crippen LogP contribution in [0.1, 0.15) is 31.9 Å². The average Bonchev–Trinajstić information content (AvgIpc) is 3.13. The van der Waals surface area contributed by atoms with Crippen LogP contribution >= 0.6 is 0 Å². The fourth-order valence-electron chi connectivity index (χ4n) is 2.50. The highest BCUT2D eigenvalue weighted by atomic mass is 16.6. The van der Waals surface area contributed by atoms with Gasteiger partial charge in [-0.15, -0.1) is 0 Å².